The van der Waals surface area contributed by atoms with Crippen molar-refractivity contribution in [2.75, 3.05) is 13.2 Å². The fourth-order valence-corrected chi connectivity index (χ4v) is 4.44. The van der Waals surface area contributed by atoms with E-state index in [-0.39, 0.29) is 11.4 Å². The fraction of sp³-hybridized carbons (Fsp3) is 0.222. The molecule has 3 aromatic carbocycles. The molecule has 5 nitrogen and oxygen atoms in total. The molecule has 1 aliphatic rings. The summed E-state index contributed by atoms with van der Waals surface area (Å²) in [6, 6.07) is 26.1. The summed E-state index contributed by atoms with van der Waals surface area (Å²) in [5.41, 5.74) is 3.84. The average Bonchev–Trinajstić information content (AvgIpc) is 3.13. The molecular formula is C27H26FN3O2. The zero-order chi connectivity index (χ0) is 22.6. The first-order valence-corrected chi connectivity index (χ1v) is 11.2. The summed E-state index contributed by atoms with van der Waals surface area (Å²) in [5.74, 6) is 0.581. The molecule has 0 spiro atoms. The molecule has 33 heavy (non-hydrogen) atoms. The monoisotopic (exact) mass is 443 g/mol. The number of ether oxygens (including phenoxy) is 1. The minimum atomic E-state index is -0.230. The molecular weight excluding hydrogens is 417 g/mol. The first-order valence-electron chi connectivity index (χ1n) is 11.2. The summed E-state index contributed by atoms with van der Waals surface area (Å²) in [6.07, 6.45) is 0.689. The molecule has 0 saturated carbocycles. The van der Waals surface area contributed by atoms with Gasteiger partial charge in [-0.15, -0.1) is 0 Å². The van der Waals surface area contributed by atoms with Crippen LogP contribution in [-0.4, -0.2) is 27.4 Å². The molecule has 0 radical (unpaired) electrons. The smallest absolute Gasteiger partial charge is 0.274 e. The minimum absolute atomic E-state index is 0.0392. The maximum absolute atomic E-state index is 13.4. The van der Waals surface area contributed by atoms with Gasteiger partial charge in [0.2, 0.25) is 0 Å². The van der Waals surface area contributed by atoms with Gasteiger partial charge in [-0.2, -0.15) is 0 Å². The minimum Gasteiger partial charge on any atom is -0.492 e. The number of benzene rings is 3. The molecule has 0 aliphatic carbocycles. The molecule has 0 fully saturated rings. The van der Waals surface area contributed by atoms with Crippen LogP contribution in [0.1, 0.15) is 16.8 Å². The predicted molar refractivity (Wildman–Crippen MR) is 126 cm³/mol. The van der Waals surface area contributed by atoms with Gasteiger partial charge in [-0.05, 0) is 48.4 Å². The molecule has 5 rings (SSSR count). The van der Waals surface area contributed by atoms with Crippen LogP contribution in [0.4, 0.5) is 4.39 Å². The summed E-state index contributed by atoms with van der Waals surface area (Å²) in [6.45, 7) is 3.17. The van der Waals surface area contributed by atoms with Crippen molar-refractivity contribution < 1.29 is 9.13 Å². The Labute approximate surface area is 192 Å². The van der Waals surface area contributed by atoms with E-state index in [0.29, 0.717) is 32.7 Å². The number of hydrogen-bond acceptors (Lipinski definition) is 3. The van der Waals surface area contributed by atoms with Crippen molar-refractivity contribution in [1.29, 1.82) is 0 Å². The fourth-order valence-electron chi connectivity index (χ4n) is 4.44. The lowest BCUT2D eigenvalue weighted by Gasteiger charge is -2.28. The normalized spacial score (nSPS) is 13.6. The van der Waals surface area contributed by atoms with Gasteiger partial charge in [0, 0.05) is 25.2 Å². The first kappa shape index (κ1) is 21.2. The van der Waals surface area contributed by atoms with Crippen molar-refractivity contribution >= 4 is 0 Å². The highest BCUT2D eigenvalue weighted by atomic mass is 19.1. The zero-order valence-electron chi connectivity index (χ0n) is 18.4. The lowest BCUT2D eigenvalue weighted by molar-refractivity contribution is 0.228. The van der Waals surface area contributed by atoms with Crippen LogP contribution in [0.25, 0.3) is 5.69 Å². The number of rotatable bonds is 7. The van der Waals surface area contributed by atoms with Crippen LogP contribution in [0.3, 0.4) is 0 Å². The Balaban J connectivity index is 1.44. The van der Waals surface area contributed by atoms with E-state index in [1.807, 2.05) is 72.8 Å². The molecule has 0 bridgehead atoms. The molecule has 0 unspecified atom stereocenters. The second-order valence-electron chi connectivity index (χ2n) is 8.25. The van der Waals surface area contributed by atoms with E-state index in [4.69, 9.17) is 4.74 Å². The third-order valence-corrected chi connectivity index (χ3v) is 6.04. The molecule has 2 heterocycles. The van der Waals surface area contributed by atoms with E-state index in [9.17, 15) is 9.18 Å². The highest BCUT2D eigenvalue weighted by Gasteiger charge is 2.26. The Bertz CT molecular complexity index is 1260. The van der Waals surface area contributed by atoms with Gasteiger partial charge in [0.15, 0.2) is 0 Å². The van der Waals surface area contributed by atoms with E-state index in [2.05, 4.69) is 9.58 Å². The van der Waals surface area contributed by atoms with E-state index in [0.717, 1.165) is 34.8 Å². The Morgan fingerprint density at radius 3 is 2.30 bits per heavy atom. The van der Waals surface area contributed by atoms with Crippen LogP contribution in [0.15, 0.2) is 89.7 Å². The second kappa shape index (κ2) is 9.46. The van der Waals surface area contributed by atoms with E-state index >= 15 is 0 Å². The van der Waals surface area contributed by atoms with E-state index in [1.54, 1.807) is 4.68 Å². The van der Waals surface area contributed by atoms with Crippen LogP contribution in [-0.2, 0) is 26.1 Å². The topological polar surface area (TPSA) is 39.4 Å². The van der Waals surface area contributed by atoms with Crippen molar-refractivity contribution in [1.82, 2.24) is 14.3 Å². The molecule has 0 N–H and O–H groups in total. The van der Waals surface area contributed by atoms with Gasteiger partial charge in [-0.3, -0.25) is 14.4 Å². The Hall–Kier alpha value is -3.64. The van der Waals surface area contributed by atoms with Gasteiger partial charge in [0.1, 0.15) is 18.2 Å². The average molecular weight is 444 g/mol. The van der Waals surface area contributed by atoms with Crippen molar-refractivity contribution in [3.63, 3.8) is 0 Å². The number of fused-ring (bicyclic) bond motifs is 1. The summed E-state index contributed by atoms with van der Waals surface area (Å²) in [7, 11) is 0. The maximum Gasteiger partial charge on any atom is 0.274 e. The Morgan fingerprint density at radius 1 is 0.879 bits per heavy atom. The zero-order valence-corrected chi connectivity index (χ0v) is 18.4. The third-order valence-electron chi connectivity index (χ3n) is 6.04. The molecule has 0 saturated heterocycles. The van der Waals surface area contributed by atoms with E-state index in [1.165, 1.54) is 12.1 Å². The number of hydrogen-bond donors (Lipinski definition) is 0. The highest BCUT2D eigenvalue weighted by molar-refractivity contribution is 5.35. The lowest BCUT2D eigenvalue weighted by atomic mass is 10.1. The van der Waals surface area contributed by atoms with Crippen LogP contribution in [0, 0.1) is 5.82 Å². The number of nitrogens with zero attached hydrogens (tertiary/aromatic N) is 3. The van der Waals surface area contributed by atoms with E-state index < -0.39 is 0 Å². The molecule has 1 aliphatic heterocycles. The summed E-state index contributed by atoms with van der Waals surface area (Å²) in [5, 5.41) is 0. The SMILES string of the molecule is O=c1c2c(n(CCOc3ccccc3)n1-c1ccccc1)CN(Cc1ccc(F)cc1)CC2. The van der Waals surface area contributed by atoms with Crippen molar-refractivity contribution in [3.8, 4) is 11.4 Å². The number of halogens is 1. The Kier molecular flexibility index (Phi) is 6.09. The molecule has 4 aromatic rings. The molecule has 1 aromatic heterocycles. The predicted octanol–water partition coefficient (Wildman–Crippen LogP) is 4.42. The summed E-state index contributed by atoms with van der Waals surface area (Å²) < 4.78 is 23.1. The standard InChI is InChI=1S/C27H26FN3O2/c28-22-13-11-21(12-14-22)19-29-16-15-25-26(20-29)30(17-18-33-24-9-5-2-6-10-24)31(27(25)32)23-7-3-1-4-8-23/h1-14H,15-20H2. The van der Waals surface area contributed by atoms with Gasteiger partial charge >= 0.3 is 0 Å². The lowest BCUT2D eigenvalue weighted by Crippen LogP contribution is -2.32. The van der Waals surface area contributed by atoms with Crippen molar-refractivity contribution in [3.05, 3.63) is 118 Å². The molecule has 6 heteroatoms. The van der Waals surface area contributed by atoms with Crippen molar-refractivity contribution in [2.45, 2.75) is 26.1 Å². The molecule has 168 valence electrons. The van der Waals surface area contributed by atoms with Crippen LogP contribution < -0.4 is 10.3 Å². The molecule has 0 atom stereocenters. The second-order valence-corrected chi connectivity index (χ2v) is 8.25. The summed E-state index contributed by atoms with van der Waals surface area (Å²) in [4.78, 5) is 15.7. The first-order chi connectivity index (χ1) is 16.2. The number of aromatic nitrogens is 2. The van der Waals surface area contributed by atoms with Gasteiger partial charge in [0.05, 0.1) is 17.9 Å². The van der Waals surface area contributed by atoms with Gasteiger partial charge in [-0.25, -0.2) is 9.07 Å². The van der Waals surface area contributed by atoms with Gasteiger partial charge in [0.25, 0.3) is 5.56 Å². The van der Waals surface area contributed by atoms with Gasteiger partial charge in [-0.1, -0.05) is 48.5 Å². The highest BCUT2D eigenvalue weighted by Crippen LogP contribution is 2.21. The summed E-state index contributed by atoms with van der Waals surface area (Å²) >= 11 is 0. The van der Waals surface area contributed by atoms with Crippen LogP contribution in [0.2, 0.25) is 0 Å². The third kappa shape index (κ3) is 4.61. The largest absolute Gasteiger partial charge is 0.492 e. The van der Waals surface area contributed by atoms with Gasteiger partial charge < -0.3 is 4.74 Å². The van der Waals surface area contributed by atoms with Crippen molar-refractivity contribution in [2.24, 2.45) is 0 Å². The molecule has 0 amide bonds. The quantitative estimate of drug-likeness (QED) is 0.425. The van der Waals surface area contributed by atoms with Crippen LogP contribution in [0.5, 0.6) is 5.75 Å². The van der Waals surface area contributed by atoms with Crippen LogP contribution >= 0.6 is 0 Å². The Morgan fingerprint density at radius 2 is 1.58 bits per heavy atom. The number of para-hydroxylation sites is 2. The maximum atomic E-state index is 13.4.